The average Bonchev–Trinajstić information content (AvgIpc) is 3.16. The first-order chi connectivity index (χ1) is 16.0. The lowest BCUT2D eigenvalue weighted by atomic mass is 10.1. The van der Waals surface area contributed by atoms with Crippen LogP contribution in [0, 0.1) is 0 Å². The van der Waals surface area contributed by atoms with Crippen molar-refractivity contribution in [2.75, 3.05) is 25.1 Å². The van der Waals surface area contributed by atoms with Gasteiger partial charge >= 0.3 is 11.9 Å². The highest BCUT2D eigenvalue weighted by molar-refractivity contribution is 7.89. The molecule has 0 unspecified atom stereocenters. The summed E-state index contributed by atoms with van der Waals surface area (Å²) in [6.07, 6.45) is -0.334. The van der Waals surface area contributed by atoms with Crippen LogP contribution in [0.15, 0.2) is 29.2 Å². The third kappa shape index (κ3) is 7.67. The number of sulfonamides is 1. The van der Waals surface area contributed by atoms with Gasteiger partial charge in [0.1, 0.15) is 9.90 Å². The number of carbonyl (C=O) groups is 3. The number of nitrogens with one attached hydrogen (secondary N) is 2. The van der Waals surface area contributed by atoms with Gasteiger partial charge in [0, 0.05) is 11.4 Å². The number of amides is 1. The fourth-order valence-electron chi connectivity index (χ4n) is 2.63. The average molecular weight is 551 g/mol. The lowest BCUT2D eigenvalue weighted by Gasteiger charge is -2.10. The summed E-state index contributed by atoms with van der Waals surface area (Å²) in [6.45, 7) is 4.85. The van der Waals surface area contributed by atoms with Crippen LogP contribution < -0.4 is 10.0 Å². The molecule has 2 N–H and O–H groups in total. The van der Waals surface area contributed by atoms with Gasteiger partial charge in [-0.05, 0) is 31.0 Å². The van der Waals surface area contributed by atoms with Crippen molar-refractivity contribution in [2.24, 2.45) is 0 Å². The Bertz CT molecular complexity index is 1140. The van der Waals surface area contributed by atoms with E-state index >= 15 is 0 Å². The third-order valence-corrected chi connectivity index (χ3v) is 8.01. The quantitative estimate of drug-likeness (QED) is 0.401. The molecule has 2 aromatic rings. The third-order valence-electron chi connectivity index (χ3n) is 4.24. The number of esters is 2. The summed E-state index contributed by atoms with van der Waals surface area (Å²) in [5.74, 6) is -1.89. The fraction of sp³-hybridized carbons (Fsp3) is 0.381. The topological polar surface area (TPSA) is 128 Å². The molecule has 0 spiro atoms. The molecule has 0 saturated heterocycles. The van der Waals surface area contributed by atoms with E-state index in [9.17, 15) is 22.8 Å². The van der Waals surface area contributed by atoms with Gasteiger partial charge in [-0.15, -0.1) is 11.3 Å². The van der Waals surface area contributed by atoms with Crippen LogP contribution in [0.2, 0.25) is 10.0 Å². The first-order valence-corrected chi connectivity index (χ1v) is 13.2. The first kappa shape index (κ1) is 28.1. The van der Waals surface area contributed by atoms with Crippen LogP contribution in [-0.4, -0.2) is 46.0 Å². The molecule has 13 heteroatoms. The van der Waals surface area contributed by atoms with Crippen LogP contribution in [0.3, 0.4) is 0 Å². The SMILES string of the molecule is CCOC(=O)c1cc(C(C)C)sc1NC(=O)COC(=O)CCNS(=O)(=O)c1c(Cl)cccc1Cl. The lowest BCUT2D eigenvalue weighted by molar-refractivity contribution is -0.147. The normalized spacial score (nSPS) is 11.4. The number of benzene rings is 1. The fourth-order valence-corrected chi connectivity index (χ4v) is 5.86. The molecule has 0 atom stereocenters. The number of halogens is 2. The molecule has 1 aromatic carbocycles. The minimum Gasteiger partial charge on any atom is -0.462 e. The van der Waals surface area contributed by atoms with E-state index < -0.39 is 34.5 Å². The highest BCUT2D eigenvalue weighted by Gasteiger charge is 2.23. The minimum absolute atomic E-state index is 0.0596. The maximum absolute atomic E-state index is 12.4. The van der Waals surface area contributed by atoms with Crippen molar-refractivity contribution in [1.82, 2.24) is 4.72 Å². The highest BCUT2D eigenvalue weighted by Crippen LogP contribution is 2.33. The van der Waals surface area contributed by atoms with Crippen molar-refractivity contribution in [3.8, 4) is 0 Å². The van der Waals surface area contributed by atoms with Gasteiger partial charge in [0.2, 0.25) is 10.0 Å². The largest absolute Gasteiger partial charge is 0.462 e. The van der Waals surface area contributed by atoms with Crippen molar-refractivity contribution in [1.29, 1.82) is 0 Å². The van der Waals surface area contributed by atoms with Crippen molar-refractivity contribution in [2.45, 2.75) is 38.0 Å². The molecule has 0 aliphatic rings. The predicted octanol–water partition coefficient (Wildman–Crippen LogP) is 4.21. The molecule has 34 heavy (non-hydrogen) atoms. The van der Waals surface area contributed by atoms with Crippen LogP contribution >= 0.6 is 34.5 Å². The zero-order valence-corrected chi connectivity index (χ0v) is 21.8. The molecular weight excluding hydrogens is 527 g/mol. The number of carbonyl (C=O) groups excluding carboxylic acids is 3. The Morgan fingerprint density at radius 3 is 2.35 bits per heavy atom. The molecule has 9 nitrogen and oxygen atoms in total. The molecule has 0 aliphatic heterocycles. The van der Waals surface area contributed by atoms with Gasteiger partial charge in [-0.25, -0.2) is 17.9 Å². The van der Waals surface area contributed by atoms with Crippen molar-refractivity contribution >= 4 is 67.4 Å². The molecule has 186 valence electrons. The van der Waals surface area contributed by atoms with Crippen LogP contribution in [-0.2, 0) is 29.1 Å². The molecule has 0 bridgehead atoms. The second-order valence-corrected chi connectivity index (χ2v) is 10.8. The molecule has 2 rings (SSSR count). The van der Waals surface area contributed by atoms with Crippen molar-refractivity contribution in [3.05, 3.63) is 44.8 Å². The summed E-state index contributed by atoms with van der Waals surface area (Å²) < 4.78 is 36.9. The Labute approximate surface area is 211 Å². The first-order valence-electron chi connectivity index (χ1n) is 10.2. The number of ether oxygens (including phenoxy) is 2. The standard InChI is InChI=1S/C21H24Cl2N2O7S2/c1-4-31-21(28)13-10-16(12(2)3)33-20(13)25-17(26)11-32-18(27)8-9-24-34(29,30)19-14(22)6-5-7-15(19)23/h5-7,10,12,24H,4,8-9,11H2,1-3H3,(H,25,26). The number of rotatable bonds is 11. The minimum atomic E-state index is -4.06. The van der Waals surface area contributed by atoms with Crippen LogP contribution in [0.1, 0.15) is 48.3 Å². The van der Waals surface area contributed by atoms with E-state index in [4.69, 9.17) is 32.7 Å². The molecule has 0 radical (unpaired) electrons. The van der Waals surface area contributed by atoms with E-state index in [0.29, 0.717) is 5.00 Å². The molecule has 1 amide bonds. The van der Waals surface area contributed by atoms with Gasteiger partial charge in [-0.3, -0.25) is 9.59 Å². The monoisotopic (exact) mass is 550 g/mol. The van der Waals surface area contributed by atoms with E-state index in [1.165, 1.54) is 29.5 Å². The van der Waals surface area contributed by atoms with Gasteiger partial charge in [-0.2, -0.15) is 0 Å². The second-order valence-electron chi connectivity index (χ2n) is 7.17. The second kappa shape index (κ2) is 12.5. The Morgan fingerprint density at radius 1 is 1.12 bits per heavy atom. The summed E-state index contributed by atoms with van der Waals surface area (Å²) in [5, 5.41) is 2.73. The molecule has 0 aliphatic carbocycles. The van der Waals surface area contributed by atoms with Crippen molar-refractivity contribution < 1.29 is 32.3 Å². The van der Waals surface area contributed by atoms with E-state index in [-0.39, 0.29) is 46.0 Å². The summed E-state index contributed by atoms with van der Waals surface area (Å²) in [4.78, 5) is 36.9. The predicted molar refractivity (Wildman–Crippen MR) is 130 cm³/mol. The van der Waals surface area contributed by atoms with E-state index in [0.717, 1.165) is 4.88 Å². The lowest BCUT2D eigenvalue weighted by Crippen LogP contribution is -2.28. The Hall–Kier alpha value is -2.18. The number of hydrogen-bond acceptors (Lipinski definition) is 8. The maximum Gasteiger partial charge on any atom is 0.341 e. The zero-order chi connectivity index (χ0) is 25.5. The van der Waals surface area contributed by atoms with Gasteiger partial charge in [0.05, 0.1) is 28.6 Å². The van der Waals surface area contributed by atoms with Gasteiger partial charge in [0.15, 0.2) is 6.61 Å². The number of hydrogen-bond donors (Lipinski definition) is 2. The summed E-state index contributed by atoms with van der Waals surface area (Å²) in [5.41, 5.74) is 0.225. The van der Waals surface area contributed by atoms with Crippen LogP contribution in [0.5, 0.6) is 0 Å². The van der Waals surface area contributed by atoms with E-state index in [1.807, 2.05) is 13.8 Å². The van der Waals surface area contributed by atoms with Crippen LogP contribution in [0.25, 0.3) is 0 Å². The summed E-state index contributed by atoms with van der Waals surface area (Å²) in [7, 11) is -4.06. The molecule has 1 heterocycles. The molecule has 0 fully saturated rings. The number of thiophene rings is 1. The van der Waals surface area contributed by atoms with Gasteiger partial charge < -0.3 is 14.8 Å². The van der Waals surface area contributed by atoms with Gasteiger partial charge in [0.25, 0.3) is 5.91 Å². The smallest absolute Gasteiger partial charge is 0.341 e. The number of anilines is 1. The zero-order valence-electron chi connectivity index (χ0n) is 18.6. The van der Waals surface area contributed by atoms with E-state index in [2.05, 4.69) is 10.0 Å². The molecular formula is C21H24Cl2N2O7S2. The van der Waals surface area contributed by atoms with Gasteiger partial charge in [-0.1, -0.05) is 43.1 Å². The Balaban J connectivity index is 1.89. The maximum atomic E-state index is 12.4. The Kier molecular flexibility index (Phi) is 10.3. The van der Waals surface area contributed by atoms with E-state index in [1.54, 1.807) is 13.0 Å². The summed E-state index contributed by atoms with van der Waals surface area (Å²) in [6, 6.07) is 5.91. The molecule has 0 saturated carbocycles. The van der Waals surface area contributed by atoms with Crippen LogP contribution in [0.4, 0.5) is 5.00 Å². The summed E-state index contributed by atoms with van der Waals surface area (Å²) >= 11 is 13.0. The molecule has 1 aromatic heterocycles. The Morgan fingerprint density at radius 2 is 1.76 bits per heavy atom. The highest BCUT2D eigenvalue weighted by atomic mass is 35.5. The van der Waals surface area contributed by atoms with Crippen molar-refractivity contribution in [3.63, 3.8) is 0 Å².